The van der Waals surface area contributed by atoms with Crippen molar-refractivity contribution in [2.24, 2.45) is 5.92 Å². The summed E-state index contributed by atoms with van der Waals surface area (Å²) in [6, 6.07) is 7.68. The lowest BCUT2D eigenvalue weighted by Gasteiger charge is -2.10. The van der Waals surface area contributed by atoms with E-state index < -0.39 is 0 Å². The van der Waals surface area contributed by atoms with Gasteiger partial charge in [0.15, 0.2) is 0 Å². The zero-order valence-electron chi connectivity index (χ0n) is 14.4. The van der Waals surface area contributed by atoms with E-state index in [0.717, 1.165) is 48.8 Å². The summed E-state index contributed by atoms with van der Waals surface area (Å²) in [5.41, 5.74) is 3.23. The number of rotatable bonds is 8. The Labute approximate surface area is 139 Å². The first kappa shape index (κ1) is 17.5. The Morgan fingerprint density at radius 3 is 2.48 bits per heavy atom. The molecule has 2 rings (SSSR count). The molecule has 1 aromatic carbocycles. The third-order valence-corrected chi connectivity index (χ3v) is 4.26. The normalized spacial score (nSPS) is 13.7. The Kier molecular flexibility index (Phi) is 6.14. The van der Waals surface area contributed by atoms with Crippen LogP contribution >= 0.6 is 0 Å². The average molecular weight is 313 g/mol. The molecule has 0 unspecified atom stereocenters. The van der Waals surface area contributed by atoms with Crippen molar-refractivity contribution < 1.29 is 9.59 Å². The van der Waals surface area contributed by atoms with E-state index >= 15 is 0 Å². The Bertz CT molecular complexity index is 614. The summed E-state index contributed by atoms with van der Waals surface area (Å²) >= 11 is 0. The summed E-state index contributed by atoms with van der Waals surface area (Å²) in [5.74, 6) is 0.555. The molecule has 0 saturated carbocycles. The van der Waals surface area contributed by atoms with Crippen molar-refractivity contribution in [3.8, 4) is 0 Å². The second-order valence-corrected chi connectivity index (χ2v) is 6.67. The predicted molar refractivity (Wildman–Crippen MR) is 94.0 cm³/mol. The fraction of sp³-hybridized carbons (Fsp3) is 0.500. The number of hydrogen-bond acceptors (Lipinski definition) is 2. The van der Waals surface area contributed by atoms with Gasteiger partial charge >= 0.3 is 0 Å². The van der Waals surface area contributed by atoms with Gasteiger partial charge < -0.3 is 5.32 Å². The van der Waals surface area contributed by atoms with Crippen molar-refractivity contribution in [3.05, 3.63) is 41.1 Å². The van der Waals surface area contributed by atoms with Gasteiger partial charge in [0, 0.05) is 12.0 Å². The number of allylic oxidation sites excluding steroid dienone is 2. The average Bonchev–Trinajstić information content (AvgIpc) is 2.79. The molecule has 3 heteroatoms. The van der Waals surface area contributed by atoms with Crippen LogP contribution < -0.4 is 5.32 Å². The number of carbonyl (C=O) groups is 2. The van der Waals surface area contributed by atoms with E-state index in [0.29, 0.717) is 18.0 Å². The number of unbranched alkanes of at least 4 members (excludes halogenated alkanes) is 1. The lowest BCUT2D eigenvalue weighted by molar-refractivity contribution is -0.120. The maximum absolute atomic E-state index is 12.6. The first-order chi connectivity index (χ1) is 11.0. The first-order valence-electron chi connectivity index (χ1n) is 8.71. The number of ketones is 1. The van der Waals surface area contributed by atoms with Gasteiger partial charge in [0.1, 0.15) is 0 Å². The van der Waals surface area contributed by atoms with Gasteiger partial charge in [0.05, 0.1) is 5.70 Å². The Morgan fingerprint density at radius 2 is 1.83 bits per heavy atom. The minimum Gasteiger partial charge on any atom is -0.323 e. The van der Waals surface area contributed by atoms with Crippen LogP contribution in [0.2, 0.25) is 0 Å². The van der Waals surface area contributed by atoms with Crippen LogP contribution in [-0.2, 0) is 4.79 Å². The standard InChI is InChI=1S/C20H27NO2/c1-4-5-13-18(22)21-19-16(12-8-9-14(2)3)15-10-6-7-11-17(15)20(19)23/h6-7,10-11,14H,4-5,8-9,12-13H2,1-3H3,(H,21,22,23). The maximum Gasteiger partial charge on any atom is 0.224 e. The monoisotopic (exact) mass is 313 g/mol. The molecule has 1 aliphatic carbocycles. The van der Waals surface area contributed by atoms with Crippen LogP contribution in [0.3, 0.4) is 0 Å². The van der Waals surface area contributed by atoms with Crippen molar-refractivity contribution in [2.75, 3.05) is 0 Å². The van der Waals surface area contributed by atoms with Gasteiger partial charge in [-0.25, -0.2) is 0 Å². The van der Waals surface area contributed by atoms with Crippen LogP contribution in [0, 0.1) is 5.92 Å². The molecule has 0 heterocycles. The van der Waals surface area contributed by atoms with Gasteiger partial charge in [0.25, 0.3) is 0 Å². The van der Waals surface area contributed by atoms with Crippen molar-refractivity contribution in [1.82, 2.24) is 5.32 Å². The molecule has 0 saturated heterocycles. The van der Waals surface area contributed by atoms with E-state index in [2.05, 4.69) is 26.1 Å². The minimum atomic E-state index is -0.0515. The topological polar surface area (TPSA) is 46.2 Å². The van der Waals surface area contributed by atoms with Crippen molar-refractivity contribution in [3.63, 3.8) is 0 Å². The van der Waals surface area contributed by atoms with E-state index in [9.17, 15) is 9.59 Å². The van der Waals surface area contributed by atoms with Crippen LogP contribution in [-0.4, -0.2) is 11.7 Å². The molecule has 0 bridgehead atoms. The highest BCUT2D eigenvalue weighted by atomic mass is 16.2. The van der Waals surface area contributed by atoms with Gasteiger partial charge in [-0.3, -0.25) is 9.59 Å². The molecule has 0 spiro atoms. The fourth-order valence-electron chi connectivity index (χ4n) is 2.97. The van der Waals surface area contributed by atoms with E-state index in [4.69, 9.17) is 0 Å². The molecular formula is C20H27NO2. The molecule has 1 N–H and O–H groups in total. The molecule has 0 aromatic heterocycles. The maximum atomic E-state index is 12.6. The molecule has 3 nitrogen and oxygen atoms in total. The molecule has 124 valence electrons. The highest BCUT2D eigenvalue weighted by Crippen LogP contribution is 2.35. The minimum absolute atomic E-state index is 0.0370. The number of hydrogen-bond donors (Lipinski definition) is 1. The Balaban J connectivity index is 2.21. The summed E-state index contributed by atoms with van der Waals surface area (Å²) < 4.78 is 0. The molecule has 0 radical (unpaired) electrons. The Hall–Kier alpha value is -1.90. The van der Waals surface area contributed by atoms with E-state index in [1.54, 1.807) is 0 Å². The molecule has 0 atom stereocenters. The molecule has 0 aliphatic heterocycles. The fourth-order valence-corrected chi connectivity index (χ4v) is 2.97. The largest absolute Gasteiger partial charge is 0.323 e. The summed E-state index contributed by atoms with van der Waals surface area (Å²) in [4.78, 5) is 24.7. The van der Waals surface area contributed by atoms with Gasteiger partial charge in [-0.15, -0.1) is 0 Å². The summed E-state index contributed by atoms with van der Waals surface area (Å²) in [6.45, 7) is 6.46. The molecule has 1 aromatic rings. The zero-order valence-corrected chi connectivity index (χ0v) is 14.4. The SMILES string of the molecule is CCCCC(=O)NC1=C(CCCC(C)C)c2ccccc2C1=O. The molecule has 23 heavy (non-hydrogen) atoms. The van der Waals surface area contributed by atoms with Gasteiger partial charge in [-0.1, -0.05) is 57.9 Å². The second kappa shape index (κ2) is 8.09. The van der Waals surface area contributed by atoms with Crippen LogP contribution in [0.5, 0.6) is 0 Å². The number of nitrogens with one attached hydrogen (secondary N) is 1. The smallest absolute Gasteiger partial charge is 0.224 e. The van der Waals surface area contributed by atoms with Crippen molar-refractivity contribution in [1.29, 1.82) is 0 Å². The highest BCUT2D eigenvalue weighted by molar-refractivity contribution is 6.21. The van der Waals surface area contributed by atoms with Crippen LogP contribution in [0.4, 0.5) is 0 Å². The molecule has 1 aliphatic rings. The lowest BCUT2D eigenvalue weighted by Crippen LogP contribution is -2.26. The van der Waals surface area contributed by atoms with E-state index in [-0.39, 0.29) is 11.7 Å². The first-order valence-corrected chi connectivity index (χ1v) is 8.71. The second-order valence-electron chi connectivity index (χ2n) is 6.67. The van der Waals surface area contributed by atoms with Crippen LogP contribution in [0.1, 0.15) is 75.2 Å². The number of amides is 1. The van der Waals surface area contributed by atoms with Crippen LogP contribution in [0.15, 0.2) is 30.0 Å². The third kappa shape index (κ3) is 4.31. The summed E-state index contributed by atoms with van der Waals surface area (Å²) in [7, 11) is 0. The van der Waals surface area contributed by atoms with Crippen molar-refractivity contribution >= 4 is 17.3 Å². The van der Waals surface area contributed by atoms with E-state index in [1.165, 1.54) is 0 Å². The summed E-state index contributed by atoms with van der Waals surface area (Å²) in [5, 5.41) is 2.89. The Morgan fingerprint density at radius 1 is 1.13 bits per heavy atom. The number of carbonyl (C=O) groups excluding carboxylic acids is 2. The predicted octanol–water partition coefficient (Wildman–Crippen LogP) is 4.73. The summed E-state index contributed by atoms with van der Waals surface area (Å²) in [6.07, 6.45) is 5.29. The van der Waals surface area contributed by atoms with Gasteiger partial charge in [-0.05, 0) is 36.3 Å². The van der Waals surface area contributed by atoms with Crippen LogP contribution in [0.25, 0.3) is 5.57 Å². The quantitative estimate of drug-likeness (QED) is 0.754. The molecular weight excluding hydrogens is 286 g/mol. The van der Waals surface area contributed by atoms with Gasteiger partial charge in [0.2, 0.25) is 11.7 Å². The lowest BCUT2D eigenvalue weighted by atomic mass is 9.98. The third-order valence-electron chi connectivity index (χ3n) is 4.26. The van der Waals surface area contributed by atoms with Gasteiger partial charge in [-0.2, -0.15) is 0 Å². The van der Waals surface area contributed by atoms with Crippen molar-refractivity contribution in [2.45, 2.75) is 59.3 Å². The molecule has 0 fully saturated rings. The zero-order chi connectivity index (χ0) is 16.8. The number of fused-ring (bicyclic) bond motifs is 1. The highest BCUT2D eigenvalue weighted by Gasteiger charge is 2.29. The molecule has 1 amide bonds. The number of benzene rings is 1. The number of Topliss-reactive ketones (excluding diaryl/α,β-unsaturated/α-hetero) is 1. The van der Waals surface area contributed by atoms with E-state index in [1.807, 2.05) is 24.3 Å².